The third kappa shape index (κ3) is 71.0. The zero-order chi connectivity index (χ0) is 41.2. The monoisotopic (exact) mass is 771 g/mol. The van der Waals surface area contributed by atoms with Gasteiger partial charge < -0.3 is 30.6 Å². The molecular formula is C45H86O9. The topological polar surface area (TPSA) is 173 Å². The summed E-state index contributed by atoms with van der Waals surface area (Å²) in [5.41, 5.74) is 0. The van der Waals surface area contributed by atoms with Gasteiger partial charge in [-0.1, -0.05) is 154 Å². The molecule has 0 atom stereocenters. The van der Waals surface area contributed by atoms with Gasteiger partial charge in [0.1, 0.15) is 6.10 Å². The van der Waals surface area contributed by atoms with Gasteiger partial charge in [-0.2, -0.15) is 0 Å². The Morgan fingerprint density at radius 1 is 0.370 bits per heavy atom. The van der Waals surface area contributed by atoms with Crippen LogP contribution >= 0.6 is 0 Å². The number of carboxylic acids is 3. The van der Waals surface area contributed by atoms with E-state index in [0.717, 1.165) is 38.5 Å². The van der Waals surface area contributed by atoms with Gasteiger partial charge in [-0.25, -0.2) is 0 Å². The second kappa shape index (κ2) is 54.9. The number of aliphatic carboxylic acids is 3. The van der Waals surface area contributed by atoms with E-state index in [2.05, 4.69) is 57.2 Å². The van der Waals surface area contributed by atoms with Gasteiger partial charge in [0.05, 0.1) is 13.2 Å². The number of aliphatic hydroxyl groups excluding tert-OH is 3. The Morgan fingerprint density at radius 3 is 0.759 bits per heavy atom. The summed E-state index contributed by atoms with van der Waals surface area (Å²) in [7, 11) is 0. The molecule has 0 fully saturated rings. The molecule has 0 heterocycles. The minimum Gasteiger partial charge on any atom is -0.481 e. The number of unbranched alkanes of at least 4 members (excludes halogenated alkanes) is 21. The molecule has 0 saturated heterocycles. The van der Waals surface area contributed by atoms with E-state index in [1.165, 1.54) is 135 Å². The van der Waals surface area contributed by atoms with Gasteiger partial charge in [0.25, 0.3) is 0 Å². The molecule has 0 radical (unpaired) electrons. The summed E-state index contributed by atoms with van der Waals surface area (Å²) < 4.78 is 0. The Balaban J connectivity index is -0.000000322. The van der Waals surface area contributed by atoms with Crippen LogP contribution in [0, 0.1) is 0 Å². The average molecular weight is 771 g/mol. The predicted molar refractivity (Wildman–Crippen MR) is 226 cm³/mol. The molecule has 0 aliphatic heterocycles. The molecular weight excluding hydrogens is 684 g/mol. The zero-order valence-electron chi connectivity index (χ0n) is 35.1. The molecule has 0 aliphatic rings. The van der Waals surface area contributed by atoms with Gasteiger partial charge in [-0.15, -0.1) is 0 Å². The summed E-state index contributed by atoms with van der Waals surface area (Å²) in [5.74, 6) is -2.00. The number of allylic oxidation sites excluding steroid dienone is 6. The second-order valence-corrected chi connectivity index (χ2v) is 14.0. The van der Waals surface area contributed by atoms with Crippen LogP contribution in [0.1, 0.15) is 213 Å². The molecule has 0 aromatic heterocycles. The first-order chi connectivity index (χ1) is 26.1. The van der Waals surface area contributed by atoms with Crippen molar-refractivity contribution < 1.29 is 45.0 Å². The highest BCUT2D eigenvalue weighted by molar-refractivity contribution is 5.67. The summed E-state index contributed by atoms with van der Waals surface area (Å²) in [6.45, 7) is 5.91. The molecule has 0 spiro atoms. The molecule has 6 N–H and O–H groups in total. The normalized spacial score (nSPS) is 10.9. The lowest BCUT2D eigenvalue weighted by molar-refractivity contribution is -0.138. The Labute approximate surface area is 331 Å². The fourth-order valence-corrected chi connectivity index (χ4v) is 4.94. The fraction of sp³-hybridized carbons (Fsp3) is 0.800. The Hall–Kier alpha value is -2.49. The first-order valence-electron chi connectivity index (χ1n) is 21.6. The Bertz CT molecular complexity index is 735. The number of hydrogen-bond acceptors (Lipinski definition) is 6. The lowest BCUT2D eigenvalue weighted by atomic mass is 10.1. The van der Waals surface area contributed by atoms with Gasteiger partial charge in [-0.3, -0.25) is 14.4 Å². The van der Waals surface area contributed by atoms with Crippen molar-refractivity contribution in [2.45, 2.75) is 219 Å². The van der Waals surface area contributed by atoms with Crippen LogP contribution in [0.3, 0.4) is 0 Å². The third-order valence-electron chi connectivity index (χ3n) is 8.38. The standard InChI is InChI=1S/3C14H26O2.C3H8O3/c3*1-2-3-4-5-6-7-8-9-10-11-12-13-14(15)16;4-1-3(6)2-5/h3*5-6H,2-4,7-13H2,1H3,(H,15,16);3-6H,1-2H2. The van der Waals surface area contributed by atoms with Crippen LogP contribution in [0.4, 0.5) is 0 Å². The van der Waals surface area contributed by atoms with Gasteiger partial charge in [0.2, 0.25) is 0 Å². The number of rotatable bonds is 35. The quantitative estimate of drug-likeness (QED) is 0.0271. The van der Waals surface area contributed by atoms with Crippen molar-refractivity contribution in [3.8, 4) is 0 Å². The lowest BCUT2D eigenvalue weighted by Crippen LogP contribution is -2.15. The number of carbonyl (C=O) groups is 3. The smallest absolute Gasteiger partial charge is 0.303 e. The molecule has 9 nitrogen and oxygen atoms in total. The van der Waals surface area contributed by atoms with Crippen molar-refractivity contribution >= 4 is 17.9 Å². The van der Waals surface area contributed by atoms with Crippen LogP contribution in [-0.4, -0.2) is 67.9 Å². The third-order valence-corrected chi connectivity index (χ3v) is 8.38. The van der Waals surface area contributed by atoms with Crippen LogP contribution in [0.25, 0.3) is 0 Å². The highest BCUT2D eigenvalue weighted by Gasteiger charge is 1.98. The van der Waals surface area contributed by atoms with E-state index in [-0.39, 0.29) is 13.2 Å². The number of aliphatic hydroxyl groups is 3. The molecule has 0 aliphatic carbocycles. The molecule has 0 bridgehead atoms. The lowest BCUT2D eigenvalue weighted by Gasteiger charge is -1.98. The van der Waals surface area contributed by atoms with Gasteiger partial charge in [0.15, 0.2) is 0 Å². The van der Waals surface area contributed by atoms with Crippen LogP contribution in [0.15, 0.2) is 36.5 Å². The first-order valence-corrected chi connectivity index (χ1v) is 21.6. The maximum Gasteiger partial charge on any atom is 0.303 e. The molecule has 9 heteroatoms. The largest absolute Gasteiger partial charge is 0.481 e. The van der Waals surface area contributed by atoms with Crippen molar-refractivity contribution in [2.24, 2.45) is 0 Å². The summed E-state index contributed by atoms with van der Waals surface area (Å²) in [4.78, 5) is 30.8. The van der Waals surface area contributed by atoms with E-state index in [0.29, 0.717) is 19.3 Å². The summed E-state index contributed by atoms with van der Waals surface area (Å²) in [6, 6.07) is 0. The molecule has 0 aromatic rings. The SMILES string of the molecule is CCCCC=CCCCCCCCC(=O)O.CCCCC=CCCCCCCCC(=O)O.CCCCC=CCCCCCCCC(=O)O.OCC(O)CO. The molecule has 0 rings (SSSR count). The van der Waals surface area contributed by atoms with E-state index in [1.807, 2.05) is 0 Å². The minimum absolute atomic E-state index is 0.330. The molecule has 54 heavy (non-hydrogen) atoms. The van der Waals surface area contributed by atoms with E-state index >= 15 is 0 Å². The highest BCUT2D eigenvalue weighted by atomic mass is 16.4. The molecule has 0 aromatic carbocycles. The van der Waals surface area contributed by atoms with Gasteiger partial charge >= 0.3 is 17.9 Å². The maximum atomic E-state index is 10.3. The number of hydrogen-bond donors (Lipinski definition) is 6. The predicted octanol–water partition coefficient (Wildman–Crippen LogP) is 12.0. The van der Waals surface area contributed by atoms with Crippen molar-refractivity contribution in [3.05, 3.63) is 36.5 Å². The molecule has 0 amide bonds. The molecule has 320 valence electrons. The van der Waals surface area contributed by atoms with Crippen LogP contribution in [0.2, 0.25) is 0 Å². The maximum absolute atomic E-state index is 10.3. The summed E-state index contributed by atoms with van der Waals surface area (Å²) in [6.07, 6.45) is 45.3. The fourth-order valence-electron chi connectivity index (χ4n) is 4.94. The Morgan fingerprint density at radius 2 is 0.574 bits per heavy atom. The summed E-state index contributed by atoms with van der Waals surface area (Å²) in [5, 5.41) is 49.4. The van der Waals surface area contributed by atoms with Crippen LogP contribution < -0.4 is 0 Å². The highest BCUT2D eigenvalue weighted by Crippen LogP contribution is 2.10. The van der Waals surface area contributed by atoms with E-state index in [4.69, 9.17) is 30.6 Å². The Kier molecular flexibility index (Phi) is 59.1. The second-order valence-electron chi connectivity index (χ2n) is 14.0. The first kappa shape index (κ1) is 58.2. The summed E-state index contributed by atoms with van der Waals surface area (Å²) >= 11 is 0. The van der Waals surface area contributed by atoms with Gasteiger partial charge in [-0.05, 0) is 77.0 Å². The van der Waals surface area contributed by atoms with Crippen molar-refractivity contribution in [1.29, 1.82) is 0 Å². The van der Waals surface area contributed by atoms with E-state index in [9.17, 15) is 14.4 Å². The van der Waals surface area contributed by atoms with Crippen molar-refractivity contribution in [3.63, 3.8) is 0 Å². The van der Waals surface area contributed by atoms with Crippen molar-refractivity contribution in [1.82, 2.24) is 0 Å². The number of carboxylic acid groups (broad SMARTS) is 3. The molecule has 0 saturated carbocycles. The minimum atomic E-state index is -0.954. The van der Waals surface area contributed by atoms with Crippen molar-refractivity contribution in [2.75, 3.05) is 13.2 Å². The average Bonchev–Trinajstić information content (AvgIpc) is 3.15. The van der Waals surface area contributed by atoms with Gasteiger partial charge in [0, 0.05) is 19.3 Å². The van der Waals surface area contributed by atoms with Crippen LogP contribution in [0.5, 0.6) is 0 Å². The zero-order valence-corrected chi connectivity index (χ0v) is 35.1. The van der Waals surface area contributed by atoms with E-state index in [1.54, 1.807) is 0 Å². The van der Waals surface area contributed by atoms with E-state index < -0.39 is 24.0 Å². The van der Waals surface area contributed by atoms with Crippen LogP contribution in [-0.2, 0) is 14.4 Å². The molecule has 0 unspecified atom stereocenters.